The van der Waals surface area contributed by atoms with Crippen molar-refractivity contribution in [2.45, 2.75) is 32.7 Å². The lowest BCUT2D eigenvalue weighted by Gasteiger charge is -2.14. The highest BCUT2D eigenvalue weighted by Crippen LogP contribution is 2.21. The van der Waals surface area contributed by atoms with Gasteiger partial charge in [-0.15, -0.1) is 0 Å². The van der Waals surface area contributed by atoms with Gasteiger partial charge in [0.2, 0.25) is 0 Å². The number of pyridine rings is 1. The first-order valence-corrected chi connectivity index (χ1v) is 8.12. The Hall–Kier alpha value is -1.50. The number of hydrogen-bond donors (Lipinski definition) is 2. The van der Waals surface area contributed by atoms with E-state index in [1.165, 1.54) is 12.1 Å². The van der Waals surface area contributed by atoms with Crippen molar-refractivity contribution in [3.05, 3.63) is 22.2 Å². The number of anilines is 2. The zero-order chi connectivity index (χ0) is 15.0. The maximum atomic E-state index is 11.0. The molecule has 0 spiro atoms. The first kappa shape index (κ1) is 16.6. The summed E-state index contributed by atoms with van der Waals surface area (Å²) < 4.78 is 0. The topological polar surface area (TPSA) is 80.1 Å². The Bertz CT molecular complexity index is 442. The first-order valence-electron chi connectivity index (χ1n) is 6.72. The summed E-state index contributed by atoms with van der Waals surface area (Å²) in [5, 5.41) is 17.3. The Kier molecular flexibility index (Phi) is 7.14. The Morgan fingerprint density at radius 3 is 2.75 bits per heavy atom. The van der Waals surface area contributed by atoms with E-state index in [1.54, 1.807) is 11.8 Å². The van der Waals surface area contributed by atoms with E-state index in [0.717, 1.165) is 25.1 Å². The number of hydrogen-bond acceptors (Lipinski definition) is 6. The molecule has 1 heterocycles. The van der Waals surface area contributed by atoms with Crippen LogP contribution in [0, 0.1) is 10.1 Å². The quantitative estimate of drug-likeness (QED) is 0.537. The number of rotatable bonds is 9. The van der Waals surface area contributed by atoms with E-state index in [4.69, 9.17) is 0 Å². The molecule has 1 atom stereocenters. The lowest BCUT2D eigenvalue weighted by Crippen LogP contribution is -2.17. The average molecular weight is 298 g/mol. The fourth-order valence-corrected chi connectivity index (χ4v) is 2.25. The summed E-state index contributed by atoms with van der Waals surface area (Å²) in [5.41, 5.74) is 0.0539. The van der Waals surface area contributed by atoms with Crippen LogP contribution in [0.5, 0.6) is 0 Å². The minimum Gasteiger partial charge on any atom is -0.370 e. The minimum absolute atomic E-state index is 0.0539. The van der Waals surface area contributed by atoms with Crippen LogP contribution >= 0.6 is 11.8 Å². The van der Waals surface area contributed by atoms with Crippen molar-refractivity contribution in [2.75, 3.05) is 29.2 Å². The molecule has 0 amide bonds. The number of nitro groups is 1. The van der Waals surface area contributed by atoms with Gasteiger partial charge in [0.15, 0.2) is 0 Å². The second-order valence-electron chi connectivity index (χ2n) is 4.61. The molecular weight excluding hydrogens is 276 g/mol. The molecular formula is C13H22N4O2S. The summed E-state index contributed by atoms with van der Waals surface area (Å²) in [5.74, 6) is 2.14. The van der Waals surface area contributed by atoms with E-state index in [9.17, 15) is 10.1 Å². The molecule has 0 aliphatic heterocycles. The predicted molar refractivity (Wildman–Crippen MR) is 85.8 cm³/mol. The Balaban J connectivity index is 2.82. The molecule has 0 aliphatic rings. The van der Waals surface area contributed by atoms with Crippen molar-refractivity contribution in [1.29, 1.82) is 0 Å². The molecule has 0 fully saturated rings. The molecule has 20 heavy (non-hydrogen) atoms. The van der Waals surface area contributed by atoms with Crippen LogP contribution in [-0.4, -0.2) is 34.5 Å². The molecule has 7 heteroatoms. The lowest BCUT2D eigenvalue weighted by atomic mass is 10.2. The third-order valence-corrected chi connectivity index (χ3v) is 3.37. The van der Waals surface area contributed by atoms with E-state index in [0.29, 0.717) is 11.6 Å². The summed E-state index contributed by atoms with van der Waals surface area (Å²) in [6.45, 7) is 4.83. The zero-order valence-corrected chi connectivity index (χ0v) is 13.0. The van der Waals surface area contributed by atoms with Gasteiger partial charge in [-0.3, -0.25) is 10.1 Å². The van der Waals surface area contributed by atoms with Crippen LogP contribution in [0.4, 0.5) is 17.3 Å². The van der Waals surface area contributed by atoms with Gasteiger partial charge < -0.3 is 10.6 Å². The summed E-state index contributed by atoms with van der Waals surface area (Å²) >= 11 is 1.78. The van der Waals surface area contributed by atoms with Crippen molar-refractivity contribution < 1.29 is 4.92 Å². The Morgan fingerprint density at radius 2 is 2.15 bits per heavy atom. The monoisotopic (exact) mass is 298 g/mol. The molecule has 0 aliphatic carbocycles. The third-order valence-electron chi connectivity index (χ3n) is 2.73. The molecule has 0 radical (unpaired) electrons. The summed E-state index contributed by atoms with van der Waals surface area (Å²) in [6.07, 6.45) is 3.99. The number of nitrogens with one attached hydrogen (secondary N) is 2. The van der Waals surface area contributed by atoms with E-state index in [-0.39, 0.29) is 11.7 Å². The van der Waals surface area contributed by atoms with Crippen LogP contribution in [0.2, 0.25) is 0 Å². The van der Waals surface area contributed by atoms with Crippen LogP contribution < -0.4 is 10.6 Å². The highest BCUT2D eigenvalue weighted by molar-refractivity contribution is 7.98. The largest absolute Gasteiger partial charge is 0.370 e. The molecule has 1 aromatic rings. The third kappa shape index (κ3) is 5.64. The molecule has 0 saturated carbocycles. The van der Waals surface area contributed by atoms with E-state index >= 15 is 0 Å². The molecule has 1 rings (SSSR count). The maximum absolute atomic E-state index is 11.0. The second-order valence-corrected chi connectivity index (χ2v) is 5.59. The summed E-state index contributed by atoms with van der Waals surface area (Å²) in [4.78, 5) is 14.9. The van der Waals surface area contributed by atoms with Crippen LogP contribution in [0.15, 0.2) is 12.1 Å². The van der Waals surface area contributed by atoms with Crippen molar-refractivity contribution in [3.63, 3.8) is 0 Å². The Morgan fingerprint density at radius 1 is 1.45 bits per heavy atom. The van der Waals surface area contributed by atoms with Gasteiger partial charge in [-0.05, 0) is 31.8 Å². The predicted octanol–water partition coefficient (Wildman–Crippen LogP) is 3.37. The Labute approximate surface area is 123 Å². The van der Waals surface area contributed by atoms with Crippen LogP contribution in [-0.2, 0) is 0 Å². The normalized spacial score (nSPS) is 11.9. The molecule has 0 bridgehead atoms. The minimum atomic E-state index is -0.392. The van der Waals surface area contributed by atoms with Gasteiger partial charge in [-0.1, -0.05) is 6.92 Å². The SMILES string of the molecule is CCCNc1cc([N+](=O)[O-])cc(NC(C)CCSC)n1. The molecule has 0 saturated heterocycles. The average Bonchev–Trinajstić information content (AvgIpc) is 2.42. The molecule has 1 aromatic heterocycles. The highest BCUT2D eigenvalue weighted by atomic mass is 32.2. The van der Waals surface area contributed by atoms with Crippen LogP contribution in [0.3, 0.4) is 0 Å². The van der Waals surface area contributed by atoms with Gasteiger partial charge in [-0.2, -0.15) is 11.8 Å². The van der Waals surface area contributed by atoms with Gasteiger partial charge >= 0.3 is 0 Å². The van der Waals surface area contributed by atoms with Crippen LogP contribution in [0.1, 0.15) is 26.7 Å². The number of aromatic nitrogens is 1. The highest BCUT2D eigenvalue weighted by Gasteiger charge is 2.12. The van der Waals surface area contributed by atoms with E-state index in [2.05, 4.69) is 28.8 Å². The van der Waals surface area contributed by atoms with Gasteiger partial charge in [-0.25, -0.2) is 4.98 Å². The van der Waals surface area contributed by atoms with E-state index in [1.807, 2.05) is 6.92 Å². The number of thioether (sulfide) groups is 1. The van der Waals surface area contributed by atoms with Crippen molar-refractivity contribution in [2.24, 2.45) is 0 Å². The smallest absolute Gasteiger partial charge is 0.276 e. The summed E-state index contributed by atoms with van der Waals surface area (Å²) in [7, 11) is 0. The van der Waals surface area contributed by atoms with Gasteiger partial charge in [0.05, 0.1) is 17.1 Å². The molecule has 2 N–H and O–H groups in total. The lowest BCUT2D eigenvalue weighted by molar-refractivity contribution is -0.384. The van der Waals surface area contributed by atoms with Crippen molar-refractivity contribution in [1.82, 2.24) is 4.98 Å². The van der Waals surface area contributed by atoms with Crippen LogP contribution in [0.25, 0.3) is 0 Å². The second kappa shape index (κ2) is 8.63. The van der Waals surface area contributed by atoms with Crippen molar-refractivity contribution in [3.8, 4) is 0 Å². The fraction of sp³-hybridized carbons (Fsp3) is 0.615. The standard InChI is InChI=1S/C13H22N4O2S/c1-4-6-14-12-8-11(17(18)19)9-13(16-12)15-10(2)5-7-20-3/h8-10H,4-7H2,1-3H3,(H2,14,15,16). The number of nitrogens with zero attached hydrogens (tertiary/aromatic N) is 2. The fourth-order valence-electron chi connectivity index (χ4n) is 1.66. The molecule has 6 nitrogen and oxygen atoms in total. The first-order chi connectivity index (χ1) is 9.56. The molecule has 1 unspecified atom stereocenters. The zero-order valence-electron chi connectivity index (χ0n) is 12.2. The molecule has 0 aromatic carbocycles. The van der Waals surface area contributed by atoms with Gasteiger partial charge in [0.1, 0.15) is 11.6 Å². The van der Waals surface area contributed by atoms with E-state index < -0.39 is 4.92 Å². The molecule has 112 valence electrons. The maximum Gasteiger partial charge on any atom is 0.276 e. The van der Waals surface area contributed by atoms with Gasteiger partial charge in [0.25, 0.3) is 5.69 Å². The summed E-state index contributed by atoms with van der Waals surface area (Å²) in [6, 6.07) is 3.18. The van der Waals surface area contributed by atoms with Crippen molar-refractivity contribution >= 4 is 29.1 Å². The van der Waals surface area contributed by atoms with Gasteiger partial charge in [0, 0.05) is 12.6 Å².